The number of carboxylic acid groups (broad SMARTS) is 1. The molecule has 8 heteroatoms. The molecule has 0 fully saturated rings. The van der Waals surface area contributed by atoms with Crippen molar-refractivity contribution in [2.24, 2.45) is 11.8 Å². The third-order valence-electron chi connectivity index (χ3n) is 3.01. The van der Waals surface area contributed by atoms with Gasteiger partial charge in [-0.1, -0.05) is 25.4 Å². The number of benzene rings is 1. The normalized spacial score (nSPS) is 12.0. The summed E-state index contributed by atoms with van der Waals surface area (Å²) in [5, 5.41) is 22.6. The highest BCUT2D eigenvalue weighted by Gasteiger charge is 2.23. The van der Waals surface area contributed by atoms with Crippen LogP contribution in [-0.4, -0.2) is 28.5 Å². The Hall–Kier alpha value is -2.15. The fourth-order valence-electron chi connectivity index (χ4n) is 2.00. The molecule has 0 spiro atoms. The van der Waals surface area contributed by atoms with Crippen LogP contribution in [0.5, 0.6) is 0 Å². The Morgan fingerprint density at radius 3 is 2.55 bits per heavy atom. The van der Waals surface area contributed by atoms with Crippen molar-refractivity contribution >= 4 is 29.2 Å². The lowest BCUT2D eigenvalue weighted by molar-refractivity contribution is -0.385. The van der Waals surface area contributed by atoms with Crippen molar-refractivity contribution in [3.8, 4) is 0 Å². The molecular weight excluding hydrogens is 312 g/mol. The molecule has 2 N–H and O–H groups in total. The molecule has 0 saturated carbocycles. The Labute approximate surface area is 132 Å². The maximum absolute atomic E-state index is 12.1. The molecule has 1 atom stereocenters. The maximum Gasteiger partial charge on any atom is 0.308 e. The van der Waals surface area contributed by atoms with E-state index < -0.39 is 22.7 Å². The highest BCUT2D eigenvalue weighted by molar-refractivity contribution is 6.31. The van der Waals surface area contributed by atoms with Crippen molar-refractivity contribution in [3.05, 3.63) is 38.9 Å². The molecule has 0 aromatic heterocycles. The molecule has 0 aliphatic rings. The smallest absolute Gasteiger partial charge is 0.308 e. The number of amides is 1. The number of nitrogens with one attached hydrogen (secondary N) is 1. The predicted molar refractivity (Wildman–Crippen MR) is 81.0 cm³/mol. The fraction of sp³-hybridized carbons (Fsp3) is 0.429. The minimum absolute atomic E-state index is 0.101. The molecule has 1 unspecified atom stereocenters. The Kier molecular flexibility index (Phi) is 6.30. The molecule has 1 amide bonds. The molecule has 0 heterocycles. The van der Waals surface area contributed by atoms with E-state index in [9.17, 15) is 19.7 Å². The van der Waals surface area contributed by atoms with E-state index in [0.29, 0.717) is 6.42 Å². The first-order chi connectivity index (χ1) is 10.2. The zero-order valence-corrected chi connectivity index (χ0v) is 13.0. The first kappa shape index (κ1) is 17.9. The average molecular weight is 329 g/mol. The molecule has 0 aliphatic heterocycles. The van der Waals surface area contributed by atoms with Crippen LogP contribution in [0.1, 0.15) is 30.6 Å². The second-order valence-corrected chi connectivity index (χ2v) is 5.73. The summed E-state index contributed by atoms with van der Waals surface area (Å²) in [6, 6.07) is 3.64. The number of carbonyl (C=O) groups excluding carboxylic acids is 1. The van der Waals surface area contributed by atoms with Gasteiger partial charge in [0.1, 0.15) is 5.56 Å². The van der Waals surface area contributed by atoms with E-state index in [2.05, 4.69) is 5.32 Å². The Balaban J connectivity index is 2.87. The SMILES string of the molecule is CC(C)CC(CNC(=O)c1cc(Cl)ccc1[N+](=O)[O-])C(=O)O. The number of rotatable bonds is 7. The number of hydrogen-bond acceptors (Lipinski definition) is 4. The second-order valence-electron chi connectivity index (χ2n) is 5.29. The number of nitrogens with zero attached hydrogens (tertiary/aromatic N) is 1. The van der Waals surface area contributed by atoms with Gasteiger partial charge in [-0.25, -0.2) is 0 Å². The molecule has 1 aromatic rings. The van der Waals surface area contributed by atoms with Crippen LogP contribution >= 0.6 is 11.6 Å². The van der Waals surface area contributed by atoms with Gasteiger partial charge in [0, 0.05) is 17.6 Å². The maximum atomic E-state index is 12.1. The zero-order chi connectivity index (χ0) is 16.9. The largest absolute Gasteiger partial charge is 0.481 e. The zero-order valence-electron chi connectivity index (χ0n) is 12.2. The van der Waals surface area contributed by atoms with Crippen LogP contribution in [0, 0.1) is 22.0 Å². The van der Waals surface area contributed by atoms with Crippen molar-refractivity contribution < 1.29 is 19.6 Å². The van der Waals surface area contributed by atoms with Crippen molar-refractivity contribution in [3.63, 3.8) is 0 Å². The lowest BCUT2D eigenvalue weighted by Crippen LogP contribution is -2.34. The molecule has 1 rings (SSSR count). The summed E-state index contributed by atoms with van der Waals surface area (Å²) in [7, 11) is 0. The van der Waals surface area contributed by atoms with Gasteiger partial charge in [-0.15, -0.1) is 0 Å². The van der Waals surface area contributed by atoms with Crippen LogP contribution in [0.2, 0.25) is 5.02 Å². The van der Waals surface area contributed by atoms with Crippen molar-refractivity contribution in [2.75, 3.05) is 6.54 Å². The van der Waals surface area contributed by atoms with Gasteiger partial charge in [-0.3, -0.25) is 19.7 Å². The van der Waals surface area contributed by atoms with Crippen LogP contribution < -0.4 is 5.32 Å². The molecule has 0 bridgehead atoms. The molecule has 120 valence electrons. The Bertz CT molecular complexity index is 589. The first-order valence-corrected chi connectivity index (χ1v) is 7.05. The highest BCUT2D eigenvalue weighted by Crippen LogP contribution is 2.22. The van der Waals surface area contributed by atoms with Gasteiger partial charge in [0.05, 0.1) is 10.8 Å². The topological polar surface area (TPSA) is 110 Å². The lowest BCUT2D eigenvalue weighted by atomic mass is 9.97. The number of aliphatic carboxylic acids is 1. The molecule has 1 aromatic carbocycles. The van der Waals surface area contributed by atoms with Gasteiger partial charge in [-0.05, 0) is 24.5 Å². The molecule has 0 saturated heterocycles. The third-order valence-corrected chi connectivity index (χ3v) is 3.25. The van der Waals surface area contributed by atoms with Crippen molar-refractivity contribution in [1.29, 1.82) is 0 Å². The summed E-state index contributed by atoms with van der Waals surface area (Å²) in [5.41, 5.74) is -0.566. The molecule has 22 heavy (non-hydrogen) atoms. The van der Waals surface area contributed by atoms with Crippen LogP contribution in [0.25, 0.3) is 0 Å². The minimum Gasteiger partial charge on any atom is -0.481 e. The van der Waals surface area contributed by atoms with Crippen molar-refractivity contribution in [1.82, 2.24) is 5.32 Å². The highest BCUT2D eigenvalue weighted by atomic mass is 35.5. The summed E-state index contributed by atoms with van der Waals surface area (Å²) < 4.78 is 0. The number of nitro benzene ring substituents is 1. The van der Waals surface area contributed by atoms with Crippen LogP contribution in [0.3, 0.4) is 0 Å². The number of hydrogen-bond donors (Lipinski definition) is 2. The minimum atomic E-state index is -1.02. The third kappa shape index (κ3) is 5.00. The van der Waals surface area contributed by atoms with E-state index in [-0.39, 0.29) is 28.7 Å². The van der Waals surface area contributed by atoms with Crippen LogP contribution in [0.15, 0.2) is 18.2 Å². The van der Waals surface area contributed by atoms with Gasteiger partial charge in [0.15, 0.2) is 0 Å². The van der Waals surface area contributed by atoms with E-state index in [1.54, 1.807) is 0 Å². The summed E-state index contributed by atoms with van der Waals surface area (Å²) in [6.45, 7) is 3.65. The van der Waals surface area contributed by atoms with E-state index in [1.807, 2.05) is 13.8 Å². The average Bonchev–Trinajstić information content (AvgIpc) is 2.41. The van der Waals surface area contributed by atoms with Gasteiger partial charge < -0.3 is 10.4 Å². The molecule has 0 radical (unpaired) electrons. The Morgan fingerprint density at radius 1 is 1.41 bits per heavy atom. The Morgan fingerprint density at radius 2 is 2.05 bits per heavy atom. The van der Waals surface area contributed by atoms with Gasteiger partial charge in [0.25, 0.3) is 11.6 Å². The number of nitro groups is 1. The summed E-state index contributed by atoms with van der Waals surface area (Å²) in [4.78, 5) is 33.4. The quantitative estimate of drug-likeness (QED) is 0.590. The van der Waals surface area contributed by atoms with E-state index in [4.69, 9.17) is 16.7 Å². The fourth-order valence-corrected chi connectivity index (χ4v) is 2.17. The first-order valence-electron chi connectivity index (χ1n) is 6.67. The van der Waals surface area contributed by atoms with Crippen LogP contribution in [0.4, 0.5) is 5.69 Å². The van der Waals surface area contributed by atoms with Gasteiger partial charge in [0.2, 0.25) is 0 Å². The predicted octanol–water partition coefficient (Wildman–Crippen LogP) is 2.72. The van der Waals surface area contributed by atoms with E-state index in [0.717, 1.165) is 6.07 Å². The number of halogens is 1. The number of carboxylic acids is 1. The van der Waals surface area contributed by atoms with E-state index in [1.165, 1.54) is 12.1 Å². The lowest BCUT2D eigenvalue weighted by Gasteiger charge is -2.15. The standard InChI is InChI=1S/C14H17ClN2O5/c1-8(2)5-9(14(19)20)7-16-13(18)11-6-10(15)3-4-12(11)17(21)22/h3-4,6,8-9H,5,7H2,1-2H3,(H,16,18)(H,19,20). The van der Waals surface area contributed by atoms with Gasteiger partial charge in [-0.2, -0.15) is 0 Å². The molecular formula is C14H17ClN2O5. The molecule has 7 nitrogen and oxygen atoms in total. The van der Waals surface area contributed by atoms with Crippen LogP contribution in [-0.2, 0) is 4.79 Å². The summed E-state index contributed by atoms with van der Waals surface area (Å²) in [5.74, 6) is -2.33. The van der Waals surface area contributed by atoms with E-state index >= 15 is 0 Å². The monoisotopic (exact) mass is 328 g/mol. The van der Waals surface area contributed by atoms with Crippen molar-refractivity contribution in [2.45, 2.75) is 20.3 Å². The van der Waals surface area contributed by atoms with Gasteiger partial charge >= 0.3 is 5.97 Å². The summed E-state index contributed by atoms with van der Waals surface area (Å²) >= 11 is 5.75. The summed E-state index contributed by atoms with van der Waals surface area (Å²) in [6.07, 6.45) is 0.396. The second kappa shape index (κ2) is 7.74. The molecule has 0 aliphatic carbocycles. The number of carbonyl (C=O) groups is 2.